The quantitative estimate of drug-likeness (QED) is 0.791. The smallest absolute Gasteiger partial charge is 0.384 e. The van der Waals surface area contributed by atoms with Crippen LogP contribution in [0.3, 0.4) is 0 Å². The molecule has 4 bridgehead atoms. The van der Waals surface area contributed by atoms with Gasteiger partial charge in [0.1, 0.15) is 5.82 Å². The number of hydrogen-bond acceptors (Lipinski definition) is 5. The molecule has 3 N–H and O–H groups in total. The van der Waals surface area contributed by atoms with Crippen LogP contribution in [0.4, 0.5) is 19.0 Å². The molecule has 6 rings (SSSR count). The Balaban J connectivity index is 1.38. The molecule has 2 aromatic heterocycles. The molecule has 0 saturated heterocycles. The van der Waals surface area contributed by atoms with E-state index in [1.165, 1.54) is 31.5 Å². The second-order valence-corrected chi connectivity index (χ2v) is 9.22. The third-order valence-electron chi connectivity index (χ3n) is 6.89. The number of halogens is 3. The summed E-state index contributed by atoms with van der Waals surface area (Å²) in [7, 11) is 0. The summed E-state index contributed by atoms with van der Waals surface area (Å²) >= 11 is 0. The zero-order chi connectivity index (χ0) is 21.1. The summed E-state index contributed by atoms with van der Waals surface area (Å²) in [6, 6.07) is 1.41. The highest BCUT2D eigenvalue weighted by atomic mass is 19.4. The lowest BCUT2D eigenvalue weighted by Crippen LogP contribution is -2.51. The Kier molecular flexibility index (Phi) is 4.30. The Morgan fingerprint density at radius 2 is 1.83 bits per heavy atom. The van der Waals surface area contributed by atoms with Gasteiger partial charge in [0.25, 0.3) is 11.9 Å². The highest BCUT2D eigenvalue weighted by Gasteiger charge is 2.51. The Hall–Kier alpha value is -2.65. The van der Waals surface area contributed by atoms with Gasteiger partial charge in [-0.1, -0.05) is 0 Å². The number of anilines is 1. The van der Waals surface area contributed by atoms with Crippen molar-refractivity contribution >= 4 is 11.7 Å². The molecular weight excluding hydrogens is 397 g/mol. The van der Waals surface area contributed by atoms with E-state index in [4.69, 9.17) is 5.73 Å². The Bertz CT molecular complexity index is 950. The summed E-state index contributed by atoms with van der Waals surface area (Å²) in [4.78, 5) is 20.6. The minimum absolute atomic E-state index is 0.0236. The van der Waals surface area contributed by atoms with Crippen LogP contribution in [0.25, 0.3) is 5.95 Å². The lowest BCUT2D eigenvalue weighted by Gasteiger charge is -2.56. The largest absolute Gasteiger partial charge is 0.435 e. The topological polar surface area (TPSA) is 98.7 Å². The number of amides is 1. The number of alkyl halides is 3. The predicted octanol–water partition coefficient (Wildman–Crippen LogP) is 3.21. The first-order chi connectivity index (χ1) is 14.2. The van der Waals surface area contributed by atoms with Gasteiger partial charge in [-0.3, -0.25) is 4.79 Å². The molecule has 4 aliphatic rings. The summed E-state index contributed by atoms with van der Waals surface area (Å²) in [6.45, 7) is 0.409. The van der Waals surface area contributed by atoms with E-state index in [2.05, 4.69) is 20.4 Å². The van der Waals surface area contributed by atoms with Gasteiger partial charge in [-0.15, -0.1) is 0 Å². The number of hydrogen-bond donors (Lipinski definition) is 2. The fraction of sp³-hybridized carbons (Fsp3) is 0.600. The summed E-state index contributed by atoms with van der Waals surface area (Å²) in [6.07, 6.45) is 4.52. The minimum atomic E-state index is -4.78. The van der Waals surface area contributed by atoms with E-state index in [1.807, 2.05) is 0 Å². The lowest BCUT2D eigenvalue weighted by atomic mass is 9.49. The average molecular weight is 420 g/mol. The molecule has 160 valence electrons. The van der Waals surface area contributed by atoms with Crippen LogP contribution < -0.4 is 11.1 Å². The molecular formula is C20H23F3N6O. The van der Waals surface area contributed by atoms with Gasteiger partial charge in [0.2, 0.25) is 0 Å². The summed E-state index contributed by atoms with van der Waals surface area (Å²) in [5.74, 6) is 1.29. The van der Waals surface area contributed by atoms with Crippen molar-refractivity contribution in [3.63, 3.8) is 0 Å². The van der Waals surface area contributed by atoms with Crippen LogP contribution in [0.5, 0.6) is 0 Å². The number of nitrogens with zero attached hydrogens (tertiary/aromatic N) is 4. The molecule has 2 aromatic rings. The van der Waals surface area contributed by atoms with Gasteiger partial charge in [-0.2, -0.15) is 23.3 Å². The van der Waals surface area contributed by atoms with E-state index < -0.39 is 23.3 Å². The average Bonchev–Trinajstić information content (AvgIpc) is 3.11. The van der Waals surface area contributed by atoms with Crippen molar-refractivity contribution < 1.29 is 18.0 Å². The minimum Gasteiger partial charge on any atom is -0.384 e. The van der Waals surface area contributed by atoms with Crippen molar-refractivity contribution in [2.24, 2.45) is 23.2 Å². The highest BCUT2D eigenvalue weighted by Crippen LogP contribution is 2.59. The van der Waals surface area contributed by atoms with E-state index in [9.17, 15) is 18.0 Å². The monoisotopic (exact) mass is 420 g/mol. The van der Waals surface area contributed by atoms with Gasteiger partial charge >= 0.3 is 6.18 Å². The third kappa shape index (κ3) is 3.41. The Morgan fingerprint density at radius 1 is 1.20 bits per heavy atom. The van der Waals surface area contributed by atoms with Gasteiger partial charge in [-0.25, -0.2) is 9.67 Å². The van der Waals surface area contributed by atoms with Gasteiger partial charge in [0.05, 0.1) is 5.56 Å². The molecule has 0 spiro atoms. The zero-order valence-electron chi connectivity index (χ0n) is 16.3. The number of carbonyl (C=O) groups excluding carboxylic acids is 1. The standard InChI is InChI=1S/C20H23F3N6O/c21-20(22,23)16-14(9-29(28-16)18-25-2-1-15(24)27-18)17(30)26-10-19-6-11-3-12(7-19)5-13(4-11)8-19/h1-2,9,11-13H,3-8,10H2,(H,26,30)(H2,24,25,27). The van der Waals surface area contributed by atoms with Crippen molar-refractivity contribution in [3.8, 4) is 5.95 Å². The lowest BCUT2D eigenvalue weighted by molar-refractivity contribution is -0.141. The summed E-state index contributed by atoms with van der Waals surface area (Å²) in [5, 5.41) is 6.33. The fourth-order valence-electron chi connectivity index (χ4n) is 6.19. The Morgan fingerprint density at radius 3 is 2.40 bits per heavy atom. The molecule has 10 heteroatoms. The maximum atomic E-state index is 13.5. The van der Waals surface area contributed by atoms with Gasteiger partial charge in [-0.05, 0) is 67.8 Å². The summed E-state index contributed by atoms with van der Waals surface area (Å²) < 4.78 is 41.5. The number of nitrogen functional groups attached to an aromatic ring is 1. The zero-order valence-corrected chi connectivity index (χ0v) is 16.3. The van der Waals surface area contributed by atoms with Crippen molar-refractivity contribution in [3.05, 3.63) is 29.7 Å². The Labute approximate surface area is 171 Å². The van der Waals surface area contributed by atoms with Gasteiger partial charge in [0.15, 0.2) is 5.69 Å². The number of nitrogens with one attached hydrogen (secondary N) is 1. The molecule has 4 fully saturated rings. The number of rotatable bonds is 4. The maximum Gasteiger partial charge on any atom is 0.435 e. The van der Waals surface area contributed by atoms with E-state index in [0.29, 0.717) is 24.3 Å². The van der Waals surface area contributed by atoms with Crippen LogP contribution in [-0.2, 0) is 6.18 Å². The van der Waals surface area contributed by atoms with Crippen molar-refractivity contribution in [1.82, 2.24) is 25.1 Å². The van der Waals surface area contributed by atoms with Crippen LogP contribution in [0, 0.1) is 23.2 Å². The van der Waals surface area contributed by atoms with Crippen molar-refractivity contribution in [2.45, 2.75) is 44.7 Å². The van der Waals surface area contributed by atoms with Crippen LogP contribution >= 0.6 is 0 Å². The molecule has 4 saturated carbocycles. The molecule has 30 heavy (non-hydrogen) atoms. The fourth-order valence-corrected chi connectivity index (χ4v) is 6.19. The molecule has 0 radical (unpaired) electrons. The van der Waals surface area contributed by atoms with Crippen molar-refractivity contribution in [1.29, 1.82) is 0 Å². The number of carbonyl (C=O) groups is 1. The maximum absolute atomic E-state index is 13.5. The van der Waals surface area contributed by atoms with Crippen LogP contribution in [0.2, 0.25) is 0 Å². The molecule has 0 aromatic carbocycles. The van der Waals surface area contributed by atoms with Crippen molar-refractivity contribution in [2.75, 3.05) is 12.3 Å². The van der Waals surface area contributed by atoms with Gasteiger partial charge < -0.3 is 11.1 Å². The predicted molar refractivity (Wildman–Crippen MR) is 102 cm³/mol. The third-order valence-corrected chi connectivity index (χ3v) is 6.89. The van der Waals surface area contributed by atoms with Crippen LogP contribution in [0.1, 0.15) is 54.6 Å². The van der Waals surface area contributed by atoms with Crippen LogP contribution in [-0.4, -0.2) is 32.2 Å². The van der Waals surface area contributed by atoms with E-state index >= 15 is 0 Å². The molecule has 0 aliphatic heterocycles. The molecule has 2 heterocycles. The molecule has 7 nitrogen and oxygen atoms in total. The molecule has 4 aliphatic carbocycles. The van der Waals surface area contributed by atoms with E-state index in [0.717, 1.165) is 30.1 Å². The molecule has 0 atom stereocenters. The van der Waals surface area contributed by atoms with Crippen LogP contribution in [0.15, 0.2) is 18.5 Å². The van der Waals surface area contributed by atoms with E-state index in [-0.39, 0.29) is 17.2 Å². The first kappa shape index (κ1) is 19.3. The number of nitrogens with two attached hydrogens (primary N) is 1. The first-order valence-corrected chi connectivity index (χ1v) is 10.2. The molecule has 0 unspecified atom stereocenters. The molecule has 1 amide bonds. The second-order valence-electron chi connectivity index (χ2n) is 9.22. The van der Waals surface area contributed by atoms with Gasteiger partial charge in [0, 0.05) is 18.9 Å². The van der Waals surface area contributed by atoms with E-state index in [1.54, 1.807) is 0 Å². The summed E-state index contributed by atoms with van der Waals surface area (Å²) in [5.41, 5.74) is 3.83. The highest BCUT2D eigenvalue weighted by molar-refractivity contribution is 5.95. The normalized spacial score (nSPS) is 29.9. The number of aromatic nitrogens is 4. The first-order valence-electron chi connectivity index (χ1n) is 10.2. The SMILES string of the molecule is Nc1ccnc(-n2cc(C(=O)NCC34CC5CC(CC(C5)C3)C4)c(C(F)(F)F)n2)n1. The second kappa shape index (κ2) is 6.68.